The van der Waals surface area contributed by atoms with Crippen molar-refractivity contribution in [1.29, 1.82) is 0 Å². The second kappa shape index (κ2) is 4.59. The standard InChI is InChI=1S/C11H11NOS2/c1-8(9-4-6-14-7-9)12-11(13)10-3-2-5-15-10/h2-8H,1H3,(H,12,13). The van der Waals surface area contributed by atoms with E-state index in [1.54, 1.807) is 11.3 Å². The molecule has 0 saturated heterocycles. The number of hydrogen-bond donors (Lipinski definition) is 1. The third-order valence-electron chi connectivity index (χ3n) is 2.14. The van der Waals surface area contributed by atoms with E-state index >= 15 is 0 Å². The number of rotatable bonds is 3. The lowest BCUT2D eigenvalue weighted by atomic mass is 10.2. The molecule has 2 rings (SSSR count). The molecule has 0 radical (unpaired) electrons. The maximum atomic E-state index is 11.7. The van der Waals surface area contributed by atoms with Gasteiger partial charge in [-0.05, 0) is 40.8 Å². The van der Waals surface area contributed by atoms with Gasteiger partial charge in [-0.2, -0.15) is 11.3 Å². The summed E-state index contributed by atoms with van der Waals surface area (Å²) in [5, 5.41) is 8.94. The predicted molar refractivity (Wildman–Crippen MR) is 64.5 cm³/mol. The summed E-state index contributed by atoms with van der Waals surface area (Å²) in [7, 11) is 0. The Kier molecular flexibility index (Phi) is 3.18. The molecule has 2 aromatic heterocycles. The first-order valence-electron chi connectivity index (χ1n) is 4.64. The minimum absolute atomic E-state index is 0.00343. The van der Waals surface area contributed by atoms with Gasteiger partial charge in [-0.3, -0.25) is 4.79 Å². The van der Waals surface area contributed by atoms with Gasteiger partial charge in [0, 0.05) is 0 Å². The Morgan fingerprint density at radius 3 is 2.87 bits per heavy atom. The molecule has 78 valence electrons. The van der Waals surface area contributed by atoms with Crippen molar-refractivity contribution < 1.29 is 4.79 Å². The van der Waals surface area contributed by atoms with Gasteiger partial charge in [0.15, 0.2) is 0 Å². The van der Waals surface area contributed by atoms with Gasteiger partial charge in [0.1, 0.15) is 0 Å². The molecule has 0 aliphatic carbocycles. The van der Waals surface area contributed by atoms with Crippen LogP contribution < -0.4 is 5.32 Å². The molecular formula is C11H11NOS2. The summed E-state index contributed by atoms with van der Waals surface area (Å²) in [6.45, 7) is 1.99. The molecule has 1 N–H and O–H groups in total. The van der Waals surface area contributed by atoms with Crippen LogP contribution in [0.2, 0.25) is 0 Å². The average molecular weight is 237 g/mol. The molecule has 0 saturated carbocycles. The first kappa shape index (κ1) is 10.4. The van der Waals surface area contributed by atoms with Crippen molar-refractivity contribution in [2.75, 3.05) is 0 Å². The van der Waals surface area contributed by atoms with E-state index in [0.29, 0.717) is 0 Å². The molecule has 4 heteroatoms. The van der Waals surface area contributed by atoms with Gasteiger partial charge in [-0.1, -0.05) is 6.07 Å². The average Bonchev–Trinajstić information content (AvgIpc) is 2.91. The SMILES string of the molecule is CC(NC(=O)c1cccs1)c1ccsc1. The third kappa shape index (κ3) is 2.46. The first-order valence-corrected chi connectivity index (χ1v) is 6.46. The summed E-state index contributed by atoms with van der Waals surface area (Å²) in [6, 6.07) is 5.82. The fourth-order valence-electron chi connectivity index (χ4n) is 1.28. The van der Waals surface area contributed by atoms with E-state index in [-0.39, 0.29) is 11.9 Å². The molecule has 0 bridgehead atoms. The molecular weight excluding hydrogens is 226 g/mol. The van der Waals surface area contributed by atoms with E-state index < -0.39 is 0 Å². The maximum absolute atomic E-state index is 11.7. The van der Waals surface area contributed by atoms with Gasteiger partial charge in [0.2, 0.25) is 0 Å². The van der Waals surface area contributed by atoms with Crippen molar-refractivity contribution in [1.82, 2.24) is 5.32 Å². The lowest BCUT2D eigenvalue weighted by Crippen LogP contribution is -2.25. The van der Waals surface area contributed by atoms with Crippen molar-refractivity contribution in [3.63, 3.8) is 0 Å². The summed E-state index contributed by atoms with van der Waals surface area (Å²) >= 11 is 3.10. The molecule has 0 aliphatic heterocycles. The van der Waals surface area contributed by atoms with Crippen LogP contribution in [0.5, 0.6) is 0 Å². The van der Waals surface area contributed by atoms with E-state index in [1.807, 2.05) is 35.9 Å². The highest BCUT2D eigenvalue weighted by Gasteiger charge is 2.11. The Hall–Kier alpha value is -1.13. The summed E-state index contributed by atoms with van der Waals surface area (Å²) in [4.78, 5) is 12.5. The van der Waals surface area contributed by atoms with Crippen LogP contribution in [-0.4, -0.2) is 5.91 Å². The van der Waals surface area contributed by atoms with Gasteiger partial charge in [-0.15, -0.1) is 11.3 Å². The van der Waals surface area contributed by atoms with Crippen LogP contribution in [0.15, 0.2) is 34.3 Å². The summed E-state index contributed by atoms with van der Waals surface area (Å²) in [5.41, 5.74) is 1.16. The largest absolute Gasteiger partial charge is 0.345 e. The number of carbonyl (C=O) groups is 1. The predicted octanol–water partition coefficient (Wildman–Crippen LogP) is 3.30. The molecule has 0 fully saturated rings. The van der Waals surface area contributed by atoms with Crippen LogP contribution in [0.25, 0.3) is 0 Å². The maximum Gasteiger partial charge on any atom is 0.261 e. The van der Waals surface area contributed by atoms with E-state index in [2.05, 4.69) is 10.7 Å². The second-order valence-corrected chi connectivity index (χ2v) is 4.96. The topological polar surface area (TPSA) is 29.1 Å². The number of carbonyl (C=O) groups excluding carboxylic acids is 1. The molecule has 1 atom stereocenters. The van der Waals surface area contributed by atoms with Gasteiger partial charge < -0.3 is 5.32 Å². The monoisotopic (exact) mass is 237 g/mol. The molecule has 0 aliphatic rings. The highest BCUT2D eigenvalue weighted by molar-refractivity contribution is 7.12. The normalized spacial score (nSPS) is 12.3. The van der Waals surface area contributed by atoms with Crippen molar-refractivity contribution >= 4 is 28.6 Å². The molecule has 2 heterocycles. The van der Waals surface area contributed by atoms with Gasteiger partial charge in [0.05, 0.1) is 10.9 Å². The molecule has 15 heavy (non-hydrogen) atoms. The van der Waals surface area contributed by atoms with Crippen molar-refractivity contribution in [2.24, 2.45) is 0 Å². The number of amides is 1. The lowest BCUT2D eigenvalue weighted by Gasteiger charge is -2.11. The summed E-state index contributed by atoms with van der Waals surface area (Å²) in [5.74, 6) is 0.00343. The summed E-state index contributed by atoms with van der Waals surface area (Å²) < 4.78 is 0. The number of thiophene rings is 2. The highest BCUT2D eigenvalue weighted by atomic mass is 32.1. The molecule has 2 aromatic rings. The first-order chi connectivity index (χ1) is 7.27. The Labute approximate surface area is 96.6 Å². The van der Waals surface area contributed by atoms with Gasteiger partial charge in [-0.25, -0.2) is 0 Å². The Bertz CT molecular complexity index is 419. The number of nitrogens with one attached hydrogen (secondary N) is 1. The van der Waals surface area contributed by atoms with Crippen molar-refractivity contribution in [3.05, 3.63) is 44.8 Å². The fourth-order valence-corrected chi connectivity index (χ4v) is 2.66. The summed E-state index contributed by atoms with van der Waals surface area (Å²) in [6.07, 6.45) is 0. The third-order valence-corrected chi connectivity index (χ3v) is 3.71. The Morgan fingerprint density at radius 1 is 1.40 bits per heavy atom. The molecule has 1 amide bonds. The second-order valence-electron chi connectivity index (χ2n) is 3.23. The smallest absolute Gasteiger partial charge is 0.261 e. The molecule has 1 unspecified atom stereocenters. The zero-order chi connectivity index (χ0) is 10.7. The Balaban J connectivity index is 2.01. The van der Waals surface area contributed by atoms with Crippen LogP contribution in [0.4, 0.5) is 0 Å². The minimum atomic E-state index is 0.00343. The zero-order valence-electron chi connectivity index (χ0n) is 8.27. The lowest BCUT2D eigenvalue weighted by molar-refractivity contribution is 0.0944. The van der Waals surface area contributed by atoms with Crippen molar-refractivity contribution in [2.45, 2.75) is 13.0 Å². The molecule has 0 aromatic carbocycles. The molecule has 0 spiro atoms. The van der Waals surface area contributed by atoms with Crippen LogP contribution in [0, 0.1) is 0 Å². The number of hydrogen-bond acceptors (Lipinski definition) is 3. The minimum Gasteiger partial charge on any atom is -0.345 e. The molecule has 2 nitrogen and oxygen atoms in total. The van der Waals surface area contributed by atoms with Crippen LogP contribution in [0.3, 0.4) is 0 Å². The van der Waals surface area contributed by atoms with E-state index in [0.717, 1.165) is 10.4 Å². The van der Waals surface area contributed by atoms with Gasteiger partial charge in [0.25, 0.3) is 5.91 Å². The van der Waals surface area contributed by atoms with Crippen molar-refractivity contribution in [3.8, 4) is 0 Å². The quantitative estimate of drug-likeness (QED) is 0.872. The zero-order valence-corrected chi connectivity index (χ0v) is 9.90. The van der Waals surface area contributed by atoms with E-state index in [9.17, 15) is 4.79 Å². The highest BCUT2D eigenvalue weighted by Crippen LogP contribution is 2.17. The van der Waals surface area contributed by atoms with Gasteiger partial charge >= 0.3 is 0 Å². The van der Waals surface area contributed by atoms with Crippen LogP contribution >= 0.6 is 22.7 Å². The van der Waals surface area contributed by atoms with Crippen LogP contribution in [-0.2, 0) is 0 Å². The van der Waals surface area contributed by atoms with Crippen LogP contribution in [0.1, 0.15) is 28.2 Å². The fraction of sp³-hybridized carbons (Fsp3) is 0.182. The van der Waals surface area contributed by atoms with E-state index in [1.165, 1.54) is 11.3 Å². The Morgan fingerprint density at radius 2 is 2.27 bits per heavy atom. The van der Waals surface area contributed by atoms with E-state index in [4.69, 9.17) is 0 Å².